The summed E-state index contributed by atoms with van der Waals surface area (Å²) in [4.78, 5) is 29.2. The monoisotopic (exact) mass is 563 g/mol. The summed E-state index contributed by atoms with van der Waals surface area (Å²) in [5.41, 5.74) is 6.99. The maximum Gasteiger partial charge on any atom is 0.175 e. The Balaban J connectivity index is 1.60. The fourth-order valence-corrected chi connectivity index (χ4v) is 6.62. The van der Waals surface area contributed by atoms with E-state index >= 15 is 0 Å². The minimum Gasteiger partial charge on any atom is -0.493 e. The molecule has 0 fully saturated rings. The molecule has 6 heteroatoms. The van der Waals surface area contributed by atoms with E-state index in [0.29, 0.717) is 30.9 Å². The molecule has 2 aromatic rings. The van der Waals surface area contributed by atoms with Gasteiger partial charge in [-0.05, 0) is 78.2 Å². The van der Waals surface area contributed by atoms with Crippen LogP contribution in [-0.4, -0.2) is 30.1 Å². The van der Waals surface area contributed by atoms with Crippen LogP contribution in [0, 0.1) is 6.92 Å². The highest BCUT2D eigenvalue weighted by atomic mass is 79.9. The van der Waals surface area contributed by atoms with Crippen molar-refractivity contribution in [1.82, 2.24) is 4.90 Å². The third-order valence-corrected chi connectivity index (χ3v) is 8.17. The molecule has 0 atom stereocenters. The molecule has 2 aromatic carbocycles. The molecule has 1 heterocycles. The zero-order chi connectivity index (χ0) is 26.1. The Hall–Kier alpha value is -2.86. The Morgan fingerprint density at radius 2 is 1.65 bits per heavy atom. The fourth-order valence-electron chi connectivity index (χ4n) is 6.05. The van der Waals surface area contributed by atoms with E-state index in [-0.39, 0.29) is 17.5 Å². The van der Waals surface area contributed by atoms with Gasteiger partial charge < -0.3 is 14.4 Å². The largest absolute Gasteiger partial charge is 0.493 e. The smallest absolute Gasteiger partial charge is 0.175 e. The molecule has 37 heavy (non-hydrogen) atoms. The van der Waals surface area contributed by atoms with E-state index < -0.39 is 0 Å². The van der Waals surface area contributed by atoms with Gasteiger partial charge in [0.05, 0.1) is 11.6 Å². The second kappa shape index (κ2) is 10.9. The van der Waals surface area contributed by atoms with Crippen molar-refractivity contribution in [3.8, 4) is 11.5 Å². The molecule has 0 aromatic heterocycles. The number of ketones is 2. The summed E-state index contributed by atoms with van der Waals surface area (Å²) in [6.45, 7) is 5.46. The summed E-state index contributed by atoms with van der Waals surface area (Å²) in [6.07, 6.45) is 5.49. The van der Waals surface area contributed by atoms with Crippen LogP contribution in [0.15, 0.2) is 63.4 Å². The number of benzene rings is 2. The maximum atomic E-state index is 13.5. The highest BCUT2D eigenvalue weighted by Gasteiger charge is 2.43. The van der Waals surface area contributed by atoms with Crippen molar-refractivity contribution in [3.05, 3.63) is 80.1 Å². The van der Waals surface area contributed by atoms with Gasteiger partial charge in [-0.1, -0.05) is 36.8 Å². The number of nitrogens with zero attached hydrogens (tertiary/aromatic N) is 1. The molecule has 5 rings (SSSR count). The molecule has 0 saturated heterocycles. The molecule has 0 amide bonds. The van der Waals surface area contributed by atoms with Crippen molar-refractivity contribution in [1.29, 1.82) is 0 Å². The lowest BCUT2D eigenvalue weighted by Gasteiger charge is -2.44. The number of aryl methyl sites for hydroxylation is 1. The van der Waals surface area contributed by atoms with E-state index in [1.54, 1.807) is 7.11 Å². The Morgan fingerprint density at radius 3 is 2.24 bits per heavy atom. The Labute approximate surface area is 227 Å². The lowest BCUT2D eigenvalue weighted by atomic mass is 9.71. The van der Waals surface area contributed by atoms with Crippen molar-refractivity contribution in [2.45, 2.75) is 71.3 Å². The van der Waals surface area contributed by atoms with Gasteiger partial charge in [-0.25, -0.2) is 0 Å². The average molecular weight is 565 g/mol. The molecular formula is C31H34BrNO4. The van der Waals surface area contributed by atoms with Crippen LogP contribution >= 0.6 is 15.9 Å². The van der Waals surface area contributed by atoms with Crippen molar-refractivity contribution in [2.75, 3.05) is 13.7 Å². The molecule has 1 aliphatic heterocycles. The molecule has 0 N–H and O–H groups in total. The van der Waals surface area contributed by atoms with Gasteiger partial charge in [0.2, 0.25) is 0 Å². The Kier molecular flexibility index (Phi) is 7.57. The van der Waals surface area contributed by atoms with E-state index in [0.717, 1.165) is 76.8 Å². The van der Waals surface area contributed by atoms with E-state index in [1.165, 1.54) is 5.56 Å². The zero-order valence-electron chi connectivity index (χ0n) is 21.9. The van der Waals surface area contributed by atoms with Gasteiger partial charge in [0, 0.05) is 47.8 Å². The fraction of sp³-hybridized carbons (Fsp3) is 0.419. The topological polar surface area (TPSA) is 55.8 Å². The first-order chi connectivity index (χ1) is 17.9. The molecule has 3 aliphatic rings. The number of methoxy groups -OCH3 is 1. The molecular weight excluding hydrogens is 530 g/mol. The molecule has 194 valence electrons. The highest BCUT2D eigenvalue weighted by Crippen LogP contribution is 2.51. The van der Waals surface area contributed by atoms with Crippen LogP contribution in [0.25, 0.3) is 0 Å². The van der Waals surface area contributed by atoms with Crippen LogP contribution in [-0.2, 0) is 16.2 Å². The quantitative estimate of drug-likeness (QED) is 0.357. The number of hydrogen-bond acceptors (Lipinski definition) is 5. The molecule has 5 nitrogen and oxygen atoms in total. The van der Waals surface area contributed by atoms with Crippen molar-refractivity contribution >= 4 is 27.5 Å². The van der Waals surface area contributed by atoms with Gasteiger partial charge in [-0.15, -0.1) is 0 Å². The van der Waals surface area contributed by atoms with Crippen LogP contribution < -0.4 is 9.47 Å². The van der Waals surface area contributed by atoms with Crippen LogP contribution in [0.4, 0.5) is 0 Å². The third kappa shape index (κ3) is 4.88. The highest BCUT2D eigenvalue weighted by molar-refractivity contribution is 9.10. The zero-order valence-corrected chi connectivity index (χ0v) is 23.4. The SMILES string of the molecule is CCCN1C2=C(C(=O)CCC2)C(c2cc(Br)c(OCc3cccc(C)c3)c(OC)c2)C2=C1CCCC2=O. The van der Waals surface area contributed by atoms with E-state index in [9.17, 15) is 9.59 Å². The molecule has 0 unspecified atom stereocenters. The van der Waals surface area contributed by atoms with Crippen LogP contribution in [0.3, 0.4) is 0 Å². The van der Waals surface area contributed by atoms with Gasteiger partial charge in [0.1, 0.15) is 6.61 Å². The summed E-state index contributed by atoms with van der Waals surface area (Å²) in [6, 6.07) is 12.2. The summed E-state index contributed by atoms with van der Waals surface area (Å²) in [5, 5.41) is 0. The first-order valence-corrected chi connectivity index (χ1v) is 14.1. The number of carbonyl (C=O) groups is 2. The first kappa shape index (κ1) is 25.8. The summed E-state index contributed by atoms with van der Waals surface area (Å²) < 4.78 is 12.7. The Morgan fingerprint density at radius 1 is 0.973 bits per heavy atom. The van der Waals surface area contributed by atoms with Gasteiger partial charge in [-0.3, -0.25) is 9.59 Å². The van der Waals surface area contributed by atoms with Gasteiger partial charge in [0.15, 0.2) is 23.1 Å². The van der Waals surface area contributed by atoms with E-state index in [1.807, 2.05) is 24.3 Å². The number of Topliss-reactive ketones (excluding diaryl/α,β-unsaturated/α-hetero) is 2. The minimum atomic E-state index is -0.366. The molecule has 0 bridgehead atoms. The van der Waals surface area contributed by atoms with Crippen molar-refractivity contribution in [2.24, 2.45) is 0 Å². The minimum absolute atomic E-state index is 0.159. The number of halogens is 1. The number of ether oxygens (including phenoxy) is 2. The molecule has 0 spiro atoms. The van der Waals surface area contributed by atoms with E-state index in [2.05, 4.69) is 46.8 Å². The third-order valence-electron chi connectivity index (χ3n) is 7.58. The predicted molar refractivity (Wildman–Crippen MR) is 148 cm³/mol. The lowest BCUT2D eigenvalue weighted by Crippen LogP contribution is -2.39. The van der Waals surface area contributed by atoms with Crippen LogP contribution in [0.5, 0.6) is 11.5 Å². The molecule has 0 radical (unpaired) electrons. The van der Waals surface area contributed by atoms with Gasteiger partial charge in [0.25, 0.3) is 0 Å². The van der Waals surface area contributed by atoms with E-state index in [4.69, 9.17) is 9.47 Å². The predicted octanol–water partition coefficient (Wildman–Crippen LogP) is 7.17. The second-order valence-electron chi connectivity index (χ2n) is 10.2. The van der Waals surface area contributed by atoms with Gasteiger partial charge in [-0.2, -0.15) is 0 Å². The molecule has 2 aliphatic carbocycles. The molecule has 0 saturated carbocycles. The standard InChI is InChI=1S/C31H34BrNO4/c1-4-14-33-23-10-6-12-25(34)29(23)28(30-24(33)11-7-13-26(30)35)21-16-22(32)31(27(17-21)36-3)37-18-20-9-5-8-19(2)15-20/h5,8-9,15-17,28H,4,6-7,10-14,18H2,1-3H3. The van der Waals surface area contributed by atoms with Crippen molar-refractivity contribution in [3.63, 3.8) is 0 Å². The number of carbonyl (C=O) groups excluding carboxylic acids is 2. The summed E-state index contributed by atoms with van der Waals surface area (Å²) >= 11 is 3.72. The lowest BCUT2D eigenvalue weighted by molar-refractivity contribution is -0.117. The normalized spacial score (nSPS) is 18.2. The summed E-state index contributed by atoms with van der Waals surface area (Å²) in [7, 11) is 1.63. The maximum absolute atomic E-state index is 13.5. The first-order valence-electron chi connectivity index (χ1n) is 13.3. The number of hydrogen-bond donors (Lipinski definition) is 0. The van der Waals surface area contributed by atoms with Crippen LogP contribution in [0.2, 0.25) is 0 Å². The average Bonchev–Trinajstić information content (AvgIpc) is 2.88. The number of rotatable bonds is 7. The summed E-state index contributed by atoms with van der Waals surface area (Å²) in [5.74, 6) is 1.15. The number of allylic oxidation sites excluding steroid dienone is 4. The Bertz CT molecular complexity index is 1260. The van der Waals surface area contributed by atoms with Crippen molar-refractivity contribution < 1.29 is 19.1 Å². The van der Waals surface area contributed by atoms with Crippen LogP contribution in [0.1, 0.15) is 74.5 Å². The second-order valence-corrected chi connectivity index (χ2v) is 11.0. The van der Waals surface area contributed by atoms with Gasteiger partial charge >= 0.3 is 0 Å².